The molecule has 0 radical (unpaired) electrons. The molecule has 2 rings (SSSR count). The second-order valence-electron chi connectivity index (χ2n) is 5.02. The van der Waals surface area contributed by atoms with E-state index in [-0.39, 0.29) is 17.7 Å². The van der Waals surface area contributed by atoms with Crippen LogP contribution in [0.15, 0.2) is 54.1 Å². The summed E-state index contributed by atoms with van der Waals surface area (Å²) in [5.41, 5.74) is 0.712. The molecule has 26 heavy (non-hydrogen) atoms. The summed E-state index contributed by atoms with van der Waals surface area (Å²) in [4.78, 5) is 23.0. The van der Waals surface area contributed by atoms with E-state index in [1.807, 2.05) is 6.07 Å². The first-order valence-electron chi connectivity index (χ1n) is 7.45. The molecule has 6 heteroatoms. The van der Waals surface area contributed by atoms with Gasteiger partial charge in [0.15, 0.2) is 0 Å². The van der Waals surface area contributed by atoms with Gasteiger partial charge in [0.05, 0.1) is 5.97 Å². The van der Waals surface area contributed by atoms with Gasteiger partial charge in [0.1, 0.15) is 24.0 Å². The number of carbonyl (C=O) groups excluding carboxylic acids is 2. The molecule has 0 spiro atoms. The minimum Gasteiger partial charge on any atom is -0.545 e. The van der Waals surface area contributed by atoms with Crippen molar-refractivity contribution in [2.45, 2.75) is 0 Å². The summed E-state index contributed by atoms with van der Waals surface area (Å²) >= 11 is 0. The van der Waals surface area contributed by atoms with Crippen LogP contribution in [0.25, 0.3) is 6.08 Å². The van der Waals surface area contributed by atoms with E-state index in [4.69, 9.17) is 11.2 Å². The third kappa shape index (κ3) is 4.73. The summed E-state index contributed by atoms with van der Waals surface area (Å²) in [6.07, 6.45) is 6.56. The molecule has 0 aliphatic rings. The van der Waals surface area contributed by atoms with Gasteiger partial charge in [-0.25, -0.2) is 0 Å². The number of para-hydroxylation sites is 1. The molecule has 2 aromatic rings. The van der Waals surface area contributed by atoms with Gasteiger partial charge in [0.25, 0.3) is 5.91 Å². The summed E-state index contributed by atoms with van der Waals surface area (Å²) in [6.45, 7) is 0.0592. The number of carboxylic acids is 1. The average Bonchev–Trinajstić information content (AvgIpc) is 2.65. The van der Waals surface area contributed by atoms with Crippen LogP contribution in [0.5, 0.6) is 5.75 Å². The first kappa shape index (κ1) is 18.3. The fourth-order valence-electron chi connectivity index (χ4n) is 2.04. The number of terminal acetylenes is 1. The lowest BCUT2D eigenvalue weighted by atomic mass is 10.1. The van der Waals surface area contributed by atoms with Crippen molar-refractivity contribution in [2.24, 2.45) is 0 Å². The molecule has 0 bridgehead atoms. The smallest absolute Gasteiger partial charge is 0.266 e. The predicted molar refractivity (Wildman–Crippen MR) is 93.8 cm³/mol. The third-order valence-corrected chi connectivity index (χ3v) is 3.27. The molecule has 0 aromatic heterocycles. The molecule has 0 aliphatic carbocycles. The Morgan fingerprint density at radius 1 is 1.19 bits per heavy atom. The number of hydrogen-bond donors (Lipinski definition) is 1. The van der Waals surface area contributed by atoms with Gasteiger partial charge in [-0.1, -0.05) is 36.3 Å². The maximum Gasteiger partial charge on any atom is 0.266 e. The number of aromatic carboxylic acids is 1. The molecule has 0 unspecified atom stereocenters. The van der Waals surface area contributed by atoms with Crippen molar-refractivity contribution < 1.29 is 19.4 Å². The van der Waals surface area contributed by atoms with E-state index >= 15 is 0 Å². The van der Waals surface area contributed by atoms with E-state index in [0.717, 1.165) is 0 Å². The van der Waals surface area contributed by atoms with Crippen LogP contribution >= 0.6 is 0 Å². The highest BCUT2D eigenvalue weighted by Crippen LogP contribution is 2.21. The van der Waals surface area contributed by atoms with Gasteiger partial charge in [0.2, 0.25) is 0 Å². The average molecular weight is 345 g/mol. The zero-order valence-electron chi connectivity index (χ0n) is 13.6. The number of carboxylic acid groups (broad SMARTS) is 1. The number of nitriles is 1. The first-order valence-corrected chi connectivity index (χ1v) is 7.45. The largest absolute Gasteiger partial charge is 0.545 e. The molecule has 0 saturated heterocycles. The van der Waals surface area contributed by atoms with Gasteiger partial charge >= 0.3 is 0 Å². The minimum atomic E-state index is -1.32. The normalized spacial score (nSPS) is 10.3. The van der Waals surface area contributed by atoms with Crippen LogP contribution in [0.1, 0.15) is 15.9 Å². The summed E-state index contributed by atoms with van der Waals surface area (Å²) in [6, 6.07) is 14.1. The molecule has 128 valence electrons. The Kier molecular flexibility index (Phi) is 6.14. The molecule has 0 saturated carbocycles. The fraction of sp³-hybridized carbons (Fsp3) is 0.0500. The summed E-state index contributed by atoms with van der Waals surface area (Å²) in [7, 11) is 0. The zero-order chi connectivity index (χ0) is 18.9. The molecule has 0 atom stereocenters. The van der Waals surface area contributed by atoms with E-state index in [2.05, 4.69) is 11.2 Å². The monoisotopic (exact) mass is 345 g/mol. The number of benzene rings is 2. The number of anilines is 1. The van der Waals surface area contributed by atoms with Crippen LogP contribution in [0, 0.1) is 23.7 Å². The Bertz CT molecular complexity index is 932. The standard InChI is InChI=1S/C20H14N2O4/c1-2-11-26-18-6-4-3-5-15(18)12-16(13-21)19(23)22-17-9-7-14(8-10-17)20(24)25/h1,3-10,12H,11H2,(H,22,23)(H,24,25)/p-1/b16-12+. The molecular formula is C20H13N2O4-. The highest BCUT2D eigenvalue weighted by molar-refractivity contribution is 6.09. The number of nitrogens with one attached hydrogen (secondary N) is 1. The zero-order valence-corrected chi connectivity index (χ0v) is 13.6. The van der Waals surface area contributed by atoms with E-state index in [9.17, 15) is 20.0 Å². The van der Waals surface area contributed by atoms with Crippen LogP contribution in [0.4, 0.5) is 5.69 Å². The van der Waals surface area contributed by atoms with E-state index in [0.29, 0.717) is 17.0 Å². The second-order valence-corrected chi connectivity index (χ2v) is 5.02. The number of hydrogen-bond acceptors (Lipinski definition) is 5. The fourth-order valence-corrected chi connectivity index (χ4v) is 2.04. The quantitative estimate of drug-likeness (QED) is 0.487. The third-order valence-electron chi connectivity index (χ3n) is 3.27. The molecule has 1 amide bonds. The van der Waals surface area contributed by atoms with Crippen LogP contribution in [0.3, 0.4) is 0 Å². The number of rotatable bonds is 6. The molecule has 2 aromatic carbocycles. The Labute approximate surface area is 150 Å². The summed E-state index contributed by atoms with van der Waals surface area (Å²) < 4.78 is 5.38. The number of amides is 1. The Morgan fingerprint density at radius 2 is 1.88 bits per heavy atom. The number of nitrogens with zero attached hydrogens (tertiary/aromatic N) is 1. The molecular weight excluding hydrogens is 332 g/mol. The predicted octanol–water partition coefficient (Wildman–Crippen LogP) is 1.61. The lowest BCUT2D eigenvalue weighted by Crippen LogP contribution is -2.22. The SMILES string of the molecule is C#CCOc1ccccc1/C=C(\C#N)C(=O)Nc1ccc(C(=O)[O-])cc1. The van der Waals surface area contributed by atoms with Gasteiger partial charge in [-0.2, -0.15) is 5.26 Å². The van der Waals surface area contributed by atoms with E-state index < -0.39 is 11.9 Å². The molecule has 1 N–H and O–H groups in total. The van der Waals surface area contributed by atoms with Gasteiger partial charge in [0, 0.05) is 11.3 Å². The number of carbonyl (C=O) groups is 2. The Morgan fingerprint density at radius 3 is 2.50 bits per heavy atom. The maximum absolute atomic E-state index is 12.3. The van der Waals surface area contributed by atoms with Crippen molar-refractivity contribution in [3.05, 3.63) is 65.2 Å². The van der Waals surface area contributed by atoms with Crippen molar-refractivity contribution in [3.8, 4) is 24.2 Å². The molecule has 0 fully saturated rings. The Hall–Kier alpha value is -4.03. The van der Waals surface area contributed by atoms with Crippen molar-refractivity contribution in [1.82, 2.24) is 0 Å². The first-order chi connectivity index (χ1) is 12.5. The molecule has 0 heterocycles. The molecule has 6 nitrogen and oxygen atoms in total. The van der Waals surface area contributed by atoms with E-state index in [1.54, 1.807) is 24.3 Å². The van der Waals surface area contributed by atoms with Crippen molar-refractivity contribution in [3.63, 3.8) is 0 Å². The minimum absolute atomic E-state index is 0.0152. The van der Waals surface area contributed by atoms with Crippen LogP contribution in [0.2, 0.25) is 0 Å². The lowest BCUT2D eigenvalue weighted by Gasteiger charge is -2.08. The van der Waals surface area contributed by atoms with E-state index in [1.165, 1.54) is 30.3 Å². The number of ether oxygens (including phenoxy) is 1. The molecule has 0 aliphatic heterocycles. The van der Waals surface area contributed by atoms with Crippen LogP contribution < -0.4 is 15.2 Å². The highest BCUT2D eigenvalue weighted by atomic mass is 16.5. The summed E-state index contributed by atoms with van der Waals surface area (Å²) in [5, 5.41) is 22.5. The van der Waals surface area contributed by atoms with Gasteiger partial charge < -0.3 is 20.0 Å². The summed E-state index contributed by atoms with van der Waals surface area (Å²) in [5.74, 6) is 0.839. The lowest BCUT2D eigenvalue weighted by molar-refractivity contribution is -0.255. The Balaban J connectivity index is 2.21. The van der Waals surface area contributed by atoms with Crippen molar-refractivity contribution in [2.75, 3.05) is 11.9 Å². The van der Waals surface area contributed by atoms with Crippen molar-refractivity contribution >= 4 is 23.6 Å². The van der Waals surface area contributed by atoms with Gasteiger partial charge in [-0.05, 0) is 29.8 Å². The van der Waals surface area contributed by atoms with Gasteiger partial charge in [-0.3, -0.25) is 4.79 Å². The topological polar surface area (TPSA) is 102 Å². The van der Waals surface area contributed by atoms with Crippen LogP contribution in [-0.4, -0.2) is 18.5 Å². The van der Waals surface area contributed by atoms with Gasteiger partial charge in [-0.15, -0.1) is 6.42 Å². The maximum atomic E-state index is 12.3. The van der Waals surface area contributed by atoms with Crippen molar-refractivity contribution in [1.29, 1.82) is 5.26 Å². The highest BCUT2D eigenvalue weighted by Gasteiger charge is 2.11. The second kappa shape index (κ2) is 8.72. The van der Waals surface area contributed by atoms with Crippen LogP contribution in [-0.2, 0) is 4.79 Å².